The van der Waals surface area contributed by atoms with E-state index >= 15 is 0 Å². The summed E-state index contributed by atoms with van der Waals surface area (Å²) >= 11 is 0. The van der Waals surface area contributed by atoms with Crippen LogP contribution in [0.5, 0.6) is 0 Å². The number of halogens is 1. The van der Waals surface area contributed by atoms with E-state index in [1.807, 2.05) is 17.0 Å². The van der Waals surface area contributed by atoms with Crippen molar-refractivity contribution in [2.45, 2.75) is 44.7 Å². The molecule has 0 radical (unpaired) electrons. The summed E-state index contributed by atoms with van der Waals surface area (Å²) in [7, 11) is 0. The summed E-state index contributed by atoms with van der Waals surface area (Å²) in [5, 5.41) is 12.1. The van der Waals surface area contributed by atoms with Crippen LogP contribution in [0, 0.1) is 0 Å². The van der Waals surface area contributed by atoms with E-state index < -0.39 is 5.97 Å². The van der Waals surface area contributed by atoms with Crippen molar-refractivity contribution in [2.24, 2.45) is 0 Å². The summed E-state index contributed by atoms with van der Waals surface area (Å²) in [6.45, 7) is 4.04. The predicted molar refractivity (Wildman–Crippen MR) is 115 cm³/mol. The number of anilines is 1. The molecule has 1 saturated heterocycles. The highest BCUT2D eigenvalue weighted by atomic mass is 35.5. The number of carboxylic acids is 1. The third-order valence-electron chi connectivity index (χ3n) is 5.77. The Morgan fingerprint density at radius 3 is 2.23 bits per heavy atom. The van der Waals surface area contributed by atoms with Crippen LogP contribution in [-0.4, -0.2) is 82.6 Å². The fourth-order valence-electron chi connectivity index (χ4n) is 4.16. The zero-order chi connectivity index (χ0) is 20.8. The van der Waals surface area contributed by atoms with E-state index in [0.29, 0.717) is 25.9 Å². The summed E-state index contributed by atoms with van der Waals surface area (Å²) < 4.78 is 0. The Balaban J connectivity index is 0.00000320. The molecule has 10 heteroatoms. The van der Waals surface area contributed by atoms with Gasteiger partial charge in [0.1, 0.15) is 6.54 Å². The molecule has 1 aliphatic carbocycles. The quantitative estimate of drug-likeness (QED) is 0.721. The Hall–Kier alpha value is -2.55. The van der Waals surface area contributed by atoms with Gasteiger partial charge in [0.15, 0.2) is 0 Å². The average Bonchev–Trinajstić information content (AvgIpc) is 2.73. The second kappa shape index (κ2) is 11.0. The van der Waals surface area contributed by atoms with Crippen LogP contribution in [-0.2, 0) is 9.59 Å². The zero-order valence-corrected chi connectivity index (χ0v) is 18.0. The van der Waals surface area contributed by atoms with Crippen molar-refractivity contribution < 1.29 is 19.5 Å². The second-order valence-electron chi connectivity index (χ2n) is 7.68. The highest BCUT2D eigenvalue weighted by Crippen LogP contribution is 2.24. The van der Waals surface area contributed by atoms with Gasteiger partial charge in [-0.05, 0) is 37.8 Å². The molecule has 0 bridgehead atoms. The number of carbonyl (C=O) groups excluding carboxylic acids is 2. The maximum atomic E-state index is 12.6. The van der Waals surface area contributed by atoms with Crippen LogP contribution in [0.25, 0.3) is 0 Å². The van der Waals surface area contributed by atoms with Gasteiger partial charge in [-0.25, -0.2) is 4.79 Å². The van der Waals surface area contributed by atoms with E-state index in [0.717, 1.165) is 31.6 Å². The van der Waals surface area contributed by atoms with Crippen molar-refractivity contribution in [1.82, 2.24) is 20.1 Å². The molecule has 0 atom stereocenters. The number of carbonyl (C=O) groups is 3. The van der Waals surface area contributed by atoms with E-state index in [9.17, 15) is 14.4 Å². The van der Waals surface area contributed by atoms with E-state index in [1.54, 1.807) is 12.4 Å². The molecule has 30 heavy (non-hydrogen) atoms. The van der Waals surface area contributed by atoms with Crippen LogP contribution in [0.4, 0.5) is 10.5 Å². The number of hydrogen-bond donors (Lipinski definition) is 2. The molecule has 1 aliphatic heterocycles. The van der Waals surface area contributed by atoms with Crippen LogP contribution < -0.4 is 10.2 Å². The first kappa shape index (κ1) is 23.7. The van der Waals surface area contributed by atoms with Crippen LogP contribution in [0.2, 0.25) is 0 Å². The first-order valence-corrected chi connectivity index (χ1v) is 10.1. The zero-order valence-electron chi connectivity index (χ0n) is 17.2. The summed E-state index contributed by atoms with van der Waals surface area (Å²) in [5.41, 5.74) is 1.12. The first-order valence-electron chi connectivity index (χ1n) is 10.1. The molecule has 0 unspecified atom stereocenters. The van der Waals surface area contributed by atoms with Gasteiger partial charge in [-0.3, -0.25) is 14.6 Å². The minimum absolute atomic E-state index is 0. The average molecular weight is 440 g/mol. The van der Waals surface area contributed by atoms with Gasteiger partial charge in [0, 0.05) is 63.3 Å². The Kier molecular flexibility index (Phi) is 8.71. The van der Waals surface area contributed by atoms with E-state index in [4.69, 9.17) is 5.11 Å². The number of aromatic nitrogens is 1. The summed E-state index contributed by atoms with van der Waals surface area (Å²) in [5.74, 6) is -1.21. The van der Waals surface area contributed by atoms with Crippen LogP contribution in [0.1, 0.15) is 32.6 Å². The van der Waals surface area contributed by atoms with Crippen LogP contribution >= 0.6 is 12.4 Å². The van der Waals surface area contributed by atoms with Crippen molar-refractivity contribution in [2.75, 3.05) is 37.6 Å². The lowest BCUT2D eigenvalue weighted by Crippen LogP contribution is -2.54. The van der Waals surface area contributed by atoms with E-state index in [2.05, 4.69) is 15.2 Å². The second-order valence-corrected chi connectivity index (χ2v) is 7.68. The van der Waals surface area contributed by atoms with Gasteiger partial charge in [-0.2, -0.15) is 0 Å². The molecule has 3 rings (SSSR count). The summed E-state index contributed by atoms with van der Waals surface area (Å²) in [4.78, 5) is 44.9. The van der Waals surface area contributed by atoms with Gasteiger partial charge in [0.05, 0.1) is 0 Å². The molecule has 1 saturated carbocycles. The number of nitrogens with zero attached hydrogens (tertiary/aromatic N) is 4. The molecule has 0 spiro atoms. The SMILES string of the molecule is CC(=O)N(CC(=O)O)[C@H]1CC[C@H](NC(=O)N2CCN(c3ccncc3)CC2)CC1.Cl. The predicted octanol–water partition coefficient (Wildman–Crippen LogP) is 1.58. The molecule has 2 fully saturated rings. The third-order valence-corrected chi connectivity index (χ3v) is 5.77. The van der Waals surface area contributed by atoms with Crippen molar-refractivity contribution in [3.05, 3.63) is 24.5 Å². The normalized spacial score (nSPS) is 21.4. The maximum Gasteiger partial charge on any atom is 0.323 e. The smallest absolute Gasteiger partial charge is 0.323 e. The number of rotatable bonds is 5. The molecular weight excluding hydrogens is 410 g/mol. The Labute approximate surface area is 182 Å². The number of aliphatic carboxylic acids is 1. The Morgan fingerprint density at radius 2 is 1.70 bits per heavy atom. The molecule has 2 aliphatic rings. The lowest BCUT2D eigenvalue weighted by molar-refractivity contribution is -0.145. The molecule has 3 amide bonds. The van der Waals surface area contributed by atoms with Gasteiger partial charge in [0.2, 0.25) is 5.91 Å². The topological polar surface area (TPSA) is 106 Å². The summed E-state index contributed by atoms with van der Waals surface area (Å²) in [6.07, 6.45) is 6.44. The number of pyridine rings is 1. The van der Waals surface area contributed by atoms with E-state index in [-0.39, 0.29) is 43.0 Å². The molecule has 166 valence electrons. The molecule has 2 heterocycles. The number of piperazine rings is 1. The first-order chi connectivity index (χ1) is 13.9. The maximum absolute atomic E-state index is 12.6. The van der Waals surface area contributed by atoms with Crippen molar-refractivity contribution in [3.63, 3.8) is 0 Å². The number of urea groups is 1. The van der Waals surface area contributed by atoms with Gasteiger partial charge in [0.25, 0.3) is 0 Å². The molecule has 1 aromatic heterocycles. The minimum Gasteiger partial charge on any atom is -0.480 e. The Bertz CT molecular complexity index is 719. The lowest BCUT2D eigenvalue weighted by atomic mass is 9.90. The number of amides is 3. The van der Waals surface area contributed by atoms with Crippen LogP contribution in [0.3, 0.4) is 0 Å². The fourth-order valence-corrected chi connectivity index (χ4v) is 4.16. The summed E-state index contributed by atoms with van der Waals surface area (Å²) in [6, 6.07) is 3.90. The molecule has 2 N–H and O–H groups in total. The van der Waals surface area contributed by atoms with Gasteiger partial charge < -0.3 is 25.1 Å². The number of hydrogen-bond acceptors (Lipinski definition) is 5. The highest BCUT2D eigenvalue weighted by Gasteiger charge is 2.30. The van der Waals surface area contributed by atoms with Crippen molar-refractivity contribution in [1.29, 1.82) is 0 Å². The van der Waals surface area contributed by atoms with Crippen molar-refractivity contribution >= 4 is 36.0 Å². The lowest BCUT2D eigenvalue weighted by Gasteiger charge is -2.38. The third kappa shape index (κ3) is 6.22. The van der Waals surface area contributed by atoms with Gasteiger partial charge >= 0.3 is 12.0 Å². The van der Waals surface area contributed by atoms with Crippen molar-refractivity contribution in [3.8, 4) is 0 Å². The largest absolute Gasteiger partial charge is 0.480 e. The molecular formula is C20H30ClN5O4. The number of carboxylic acid groups (broad SMARTS) is 1. The number of nitrogens with one attached hydrogen (secondary N) is 1. The van der Waals surface area contributed by atoms with Gasteiger partial charge in [-0.15, -0.1) is 12.4 Å². The minimum atomic E-state index is -0.999. The highest BCUT2D eigenvalue weighted by molar-refractivity contribution is 5.85. The van der Waals surface area contributed by atoms with Gasteiger partial charge in [-0.1, -0.05) is 0 Å². The van der Waals surface area contributed by atoms with Crippen LogP contribution in [0.15, 0.2) is 24.5 Å². The monoisotopic (exact) mass is 439 g/mol. The van der Waals surface area contributed by atoms with E-state index in [1.165, 1.54) is 11.8 Å². The molecule has 9 nitrogen and oxygen atoms in total. The standard InChI is InChI=1S/C20H29N5O4.ClH/c1-15(26)25(14-19(27)28)18-4-2-16(3-5-18)22-20(29)24-12-10-23(11-13-24)17-6-8-21-9-7-17;/h6-9,16,18H,2-5,10-14H2,1H3,(H,22,29)(H,27,28);1H/t16-,18-;. The fraction of sp³-hybridized carbons (Fsp3) is 0.600. The Morgan fingerprint density at radius 1 is 1.10 bits per heavy atom. The molecule has 1 aromatic rings. The molecule has 0 aromatic carbocycles.